The van der Waals surface area contributed by atoms with Crippen molar-refractivity contribution in [2.45, 2.75) is 13.3 Å². The van der Waals surface area contributed by atoms with Crippen LogP contribution < -0.4 is 10.1 Å². The summed E-state index contributed by atoms with van der Waals surface area (Å²) in [4.78, 5) is 26.7. The molecule has 6 nitrogen and oxygen atoms in total. The van der Waals surface area contributed by atoms with Crippen LogP contribution >= 0.6 is 8.38 Å². The minimum Gasteiger partial charge on any atom is -0.496 e. The molecule has 7 heteroatoms. The number of rotatable bonds is 6. The van der Waals surface area contributed by atoms with Crippen molar-refractivity contribution in [2.24, 2.45) is 0 Å². The Kier molecular flexibility index (Phi) is 5.43. The SMILES string of the molecule is COc1cc2c(Nc3ccc(CCP(O)O)cc3)ncnc2cc1C. The number of hydrogen-bond acceptors (Lipinski definition) is 6. The fourth-order valence-corrected chi connectivity index (χ4v) is 3.09. The van der Waals surface area contributed by atoms with Crippen LogP contribution in [0.1, 0.15) is 11.1 Å². The van der Waals surface area contributed by atoms with E-state index in [2.05, 4.69) is 15.3 Å². The van der Waals surface area contributed by atoms with Crippen LogP contribution in [0, 0.1) is 6.92 Å². The van der Waals surface area contributed by atoms with Crippen molar-refractivity contribution in [1.29, 1.82) is 0 Å². The lowest BCUT2D eigenvalue weighted by Crippen LogP contribution is -1.98. The van der Waals surface area contributed by atoms with Crippen molar-refractivity contribution in [2.75, 3.05) is 18.6 Å². The molecule has 2 aromatic carbocycles. The Labute approximate surface area is 147 Å². The first-order chi connectivity index (χ1) is 12.1. The second kappa shape index (κ2) is 7.74. The molecule has 130 valence electrons. The van der Waals surface area contributed by atoms with Gasteiger partial charge in [0.15, 0.2) is 8.38 Å². The van der Waals surface area contributed by atoms with Gasteiger partial charge in [0, 0.05) is 17.2 Å². The largest absolute Gasteiger partial charge is 0.496 e. The zero-order valence-electron chi connectivity index (χ0n) is 14.1. The van der Waals surface area contributed by atoms with Crippen LogP contribution in [-0.4, -0.2) is 33.0 Å². The van der Waals surface area contributed by atoms with Gasteiger partial charge in [-0.3, -0.25) is 0 Å². The van der Waals surface area contributed by atoms with E-state index in [9.17, 15) is 0 Å². The summed E-state index contributed by atoms with van der Waals surface area (Å²) in [7, 11) is -0.196. The van der Waals surface area contributed by atoms with E-state index in [0.717, 1.165) is 33.5 Å². The highest BCUT2D eigenvalue weighted by atomic mass is 31.2. The second-order valence-electron chi connectivity index (χ2n) is 5.73. The fraction of sp³-hybridized carbons (Fsp3) is 0.222. The summed E-state index contributed by atoms with van der Waals surface area (Å²) in [5.74, 6) is 1.51. The summed E-state index contributed by atoms with van der Waals surface area (Å²) in [5, 5.41) is 4.20. The minimum absolute atomic E-state index is 0.387. The van der Waals surface area contributed by atoms with E-state index in [1.165, 1.54) is 6.33 Å². The average Bonchev–Trinajstić information content (AvgIpc) is 2.60. The molecule has 25 heavy (non-hydrogen) atoms. The van der Waals surface area contributed by atoms with Crippen molar-refractivity contribution in [3.63, 3.8) is 0 Å². The standard InChI is InChI=1S/C18H20N3O3P/c1-12-9-16-15(10-17(12)24-2)18(20-11-19-16)21-14-5-3-13(4-6-14)7-8-25(22)23/h3-6,9-11,22-23H,7-8H2,1-2H3,(H,19,20,21). The molecule has 0 aliphatic rings. The lowest BCUT2D eigenvalue weighted by Gasteiger charge is -2.11. The molecule has 0 saturated heterocycles. The summed E-state index contributed by atoms with van der Waals surface area (Å²) in [5.41, 5.74) is 3.84. The zero-order valence-corrected chi connectivity index (χ0v) is 15.0. The van der Waals surface area contributed by atoms with E-state index in [-0.39, 0.29) is 0 Å². The number of aromatic nitrogens is 2. The highest BCUT2D eigenvalue weighted by molar-refractivity contribution is 7.45. The Morgan fingerprint density at radius 3 is 2.56 bits per heavy atom. The molecule has 3 N–H and O–H groups in total. The maximum atomic E-state index is 9.01. The third kappa shape index (κ3) is 4.23. The van der Waals surface area contributed by atoms with Gasteiger partial charge in [-0.25, -0.2) is 9.97 Å². The third-order valence-electron chi connectivity index (χ3n) is 3.97. The highest BCUT2D eigenvalue weighted by Gasteiger charge is 2.08. The second-order valence-corrected chi connectivity index (χ2v) is 6.92. The molecule has 1 heterocycles. The van der Waals surface area contributed by atoms with E-state index in [0.29, 0.717) is 18.4 Å². The molecule has 1 aromatic heterocycles. The van der Waals surface area contributed by atoms with Crippen LogP contribution in [0.15, 0.2) is 42.7 Å². The number of fused-ring (bicyclic) bond motifs is 1. The van der Waals surface area contributed by atoms with Crippen LogP contribution in [0.4, 0.5) is 11.5 Å². The number of anilines is 2. The summed E-state index contributed by atoms with van der Waals surface area (Å²) in [6, 6.07) is 11.8. The van der Waals surface area contributed by atoms with Gasteiger partial charge in [0.25, 0.3) is 0 Å². The maximum absolute atomic E-state index is 9.01. The molecule has 0 amide bonds. The summed E-state index contributed by atoms with van der Waals surface area (Å²) in [6.45, 7) is 1.98. The Bertz CT molecular complexity index is 869. The third-order valence-corrected chi connectivity index (χ3v) is 4.59. The van der Waals surface area contributed by atoms with Gasteiger partial charge >= 0.3 is 0 Å². The monoisotopic (exact) mass is 357 g/mol. The molecule has 3 aromatic rings. The normalized spacial score (nSPS) is 11.1. The highest BCUT2D eigenvalue weighted by Crippen LogP contribution is 2.29. The van der Waals surface area contributed by atoms with Crippen molar-refractivity contribution < 1.29 is 14.5 Å². The molecule has 0 unspecified atom stereocenters. The zero-order chi connectivity index (χ0) is 17.8. The van der Waals surface area contributed by atoms with Gasteiger partial charge < -0.3 is 19.8 Å². The topological polar surface area (TPSA) is 87.5 Å². The molecular weight excluding hydrogens is 337 g/mol. The van der Waals surface area contributed by atoms with Crippen LogP contribution in [0.2, 0.25) is 0 Å². The van der Waals surface area contributed by atoms with E-state index < -0.39 is 8.38 Å². The summed E-state index contributed by atoms with van der Waals surface area (Å²) in [6.07, 6.45) is 2.57. The number of nitrogens with one attached hydrogen (secondary N) is 1. The van der Waals surface area contributed by atoms with Gasteiger partial charge in [-0.15, -0.1) is 0 Å². The first-order valence-corrected chi connectivity index (χ1v) is 9.30. The summed E-state index contributed by atoms with van der Waals surface area (Å²) < 4.78 is 5.40. The molecule has 0 aliphatic carbocycles. The number of aryl methyl sites for hydroxylation is 2. The Balaban J connectivity index is 1.85. The van der Waals surface area contributed by atoms with Gasteiger partial charge in [0.2, 0.25) is 0 Å². The van der Waals surface area contributed by atoms with E-state index in [4.69, 9.17) is 14.5 Å². The lowest BCUT2D eigenvalue weighted by molar-refractivity contribution is 0.412. The van der Waals surface area contributed by atoms with Crippen molar-refractivity contribution in [3.05, 3.63) is 53.9 Å². The lowest BCUT2D eigenvalue weighted by atomic mass is 10.1. The number of methoxy groups -OCH3 is 1. The predicted octanol–water partition coefficient (Wildman–Crippen LogP) is 3.53. The van der Waals surface area contributed by atoms with Gasteiger partial charge in [0.05, 0.1) is 12.6 Å². The molecule has 0 saturated carbocycles. The first kappa shape index (κ1) is 17.5. The number of benzene rings is 2. The van der Waals surface area contributed by atoms with Crippen LogP contribution in [-0.2, 0) is 6.42 Å². The predicted molar refractivity (Wildman–Crippen MR) is 100 cm³/mol. The molecule has 0 bridgehead atoms. The van der Waals surface area contributed by atoms with Crippen molar-refractivity contribution in [1.82, 2.24) is 9.97 Å². The van der Waals surface area contributed by atoms with E-state index >= 15 is 0 Å². The molecule has 3 rings (SSSR count). The minimum atomic E-state index is -1.84. The Morgan fingerprint density at radius 2 is 1.88 bits per heavy atom. The Hall–Kier alpha value is -2.27. The molecule has 0 atom stereocenters. The fourth-order valence-electron chi connectivity index (χ4n) is 2.63. The number of hydrogen-bond donors (Lipinski definition) is 3. The molecular formula is C18H20N3O3P. The van der Waals surface area contributed by atoms with Crippen LogP contribution in [0.3, 0.4) is 0 Å². The average molecular weight is 357 g/mol. The van der Waals surface area contributed by atoms with Gasteiger partial charge in [-0.1, -0.05) is 12.1 Å². The molecule has 0 aliphatic heterocycles. The maximum Gasteiger partial charge on any atom is 0.165 e. The van der Waals surface area contributed by atoms with E-state index in [1.807, 2.05) is 43.3 Å². The van der Waals surface area contributed by atoms with Gasteiger partial charge in [-0.2, -0.15) is 0 Å². The van der Waals surface area contributed by atoms with Gasteiger partial charge in [0.1, 0.15) is 17.9 Å². The number of ether oxygens (including phenoxy) is 1. The van der Waals surface area contributed by atoms with Gasteiger partial charge in [-0.05, 0) is 48.7 Å². The first-order valence-electron chi connectivity index (χ1n) is 7.87. The van der Waals surface area contributed by atoms with Crippen LogP contribution in [0.25, 0.3) is 10.9 Å². The molecule has 0 radical (unpaired) electrons. The Morgan fingerprint density at radius 1 is 1.12 bits per heavy atom. The molecule has 0 spiro atoms. The summed E-state index contributed by atoms with van der Waals surface area (Å²) >= 11 is 0. The van der Waals surface area contributed by atoms with Crippen LogP contribution in [0.5, 0.6) is 5.75 Å². The quantitative estimate of drug-likeness (QED) is 0.585. The van der Waals surface area contributed by atoms with Crippen molar-refractivity contribution in [3.8, 4) is 5.75 Å². The van der Waals surface area contributed by atoms with E-state index in [1.54, 1.807) is 7.11 Å². The smallest absolute Gasteiger partial charge is 0.165 e. The number of nitrogens with zero attached hydrogens (tertiary/aromatic N) is 2. The van der Waals surface area contributed by atoms with Crippen molar-refractivity contribution >= 4 is 30.8 Å². The molecule has 0 fully saturated rings.